The van der Waals surface area contributed by atoms with Gasteiger partial charge in [0.05, 0.1) is 6.42 Å². The minimum Gasteiger partial charge on any atom is -0.291 e. The van der Waals surface area contributed by atoms with Gasteiger partial charge in [0.25, 0.3) is 0 Å². The number of nitrogens with zero attached hydrogens (tertiary/aromatic N) is 1. The van der Waals surface area contributed by atoms with Crippen molar-refractivity contribution in [2.45, 2.75) is 12.6 Å². The van der Waals surface area contributed by atoms with E-state index in [1.54, 1.807) is 12.2 Å². The van der Waals surface area contributed by atoms with E-state index in [2.05, 4.69) is 13.2 Å². The molecular weight excluding hydrogens is 179 g/mol. The first-order chi connectivity index (χ1) is 5.99. The second-order valence-corrected chi connectivity index (χ2v) is 2.53. The molecule has 0 aliphatic rings. The van der Waals surface area contributed by atoms with Crippen molar-refractivity contribution in [1.29, 1.82) is 0 Å². The molecule has 0 amide bonds. The van der Waals surface area contributed by atoms with Gasteiger partial charge >= 0.3 is 6.18 Å². The molecule has 0 aliphatic carbocycles. The van der Waals surface area contributed by atoms with Crippen molar-refractivity contribution < 1.29 is 13.2 Å². The van der Waals surface area contributed by atoms with Crippen LogP contribution in [0.3, 0.4) is 0 Å². The lowest BCUT2D eigenvalue weighted by atomic mass is 10.3. The molecule has 1 nitrogen and oxygen atoms in total. The van der Waals surface area contributed by atoms with Crippen LogP contribution < -0.4 is 0 Å². The minimum absolute atomic E-state index is 0.405. The predicted octanol–water partition coefficient (Wildman–Crippen LogP) is 2.77. The number of hydrogen-bond acceptors (Lipinski definition) is 1. The molecule has 75 valence electrons. The molecule has 4 heteroatoms. The Morgan fingerprint density at radius 1 is 1.08 bits per heavy atom. The summed E-state index contributed by atoms with van der Waals surface area (Å²) in [4.78, 5) is 1.51. The van der Waals surface area contributed by atoms with E-state index in [0.717, 1.165) is 6.54 Å². The van der Waals surface area contributed by atoms with Crippen LogP contribution >= 0.6 is 0 Å². The van der Waals surface area contributed by atoms with E-state index in [4.69, 9.17) is 0 Å². The van der Waals surface area contributed by atoms with Gasteiger partial charge in [-0.25, -0.2) is 0 Å². The van der Waals surface area contributed by atoms with E-state index in [9.17, 15) is 13.2 Å². The molecule has 0 N–H and O–H groups in total. The predicted molar refractivity (Wildman–Crippen MR) is 46.9 cm³/mol. The van der Waals surface area contributed by atoms with Gasteiger partial charge in [0.2, 0.25) is 0 Å². The second kappa shape index (κ2) is 5.80. The Labute approximate surface area is 76.5 Å². The monoisotopic (exact) mass is 192 g/mol. The largest absolute Gasteiger partial charge is 0.390 e. The van der Waals surface area contributed by atoms with E-state index in [1.807, 2.05) is 0 Å². The SMILES string of the molecule is C=CCN([CH]CC(F)(F)F)CC=C. The van der Waals surface area contributed by atoms with E-state index < -0.39 is 12.6 Å². The van der Waals surface area contributed by atoms with Crippen molar-refractivity contribution in [3.63, 3.8) is 0 Å². The van der Waals surface area contributed by atoms with Crippen LogP contribution in [0.2, 0.25) is 0 Å². The quantitative estimate of drug-likeness (QED) is 0.585. The Hall–Kier alpha value is -0.770. The average Bonchev–Trinajstić information content (AvgIpc) is 2.00. The Bertz CT molecular complexity index is 153. The third-order valence-corrected chi connectivity index (χ3v) is 1.31. The summed E-state index contributed by atoms with van der Waals surface area (Å²) in [5.74, 6) is 0. The molecule has 0 saturated heterocycles. The lowest BCUT2D eigenvalue weighted by molar-refractivity contribution is -0.131. The first-order valence-electron chi connectivity index (χ1n) is 3.85. The molecule has 0 aromatic rings. The van der Waals surface area contributed by atoms with Crippen LogP contribution in [-0.2, 0) is 0 Å². The third kappa shape index (κ3) is 7.59. The molecule has 0 saturated carbocycles. The average molecular weight is 192 g/mol. The molecule has 0 spiro atoms. The molecule has 0 unspecified atom stereocenters. The number of rotatable bonds is 6. The van der Waals surface area contributed by atoms with Gasteiger partial charge in [-0.1, -0.05) is 12.2 Å². The molecule has 0 fully saturated rings. The maximum atomic E-state index is 11.8. The molecule has 0 aliphatic heterocycles. The number of hydrogen-bond donors (Lipinski definition) is 0. The zero-order valence-corrected chi connectivity index (χ0v) is 7.35. The first kappa shape index (κ1) is 12.2. The summed E-state index contributed by atoms with van der Waals surface area (Å²) in [5, 5.41) is 0. The highest BCUT2D eigenvalue weighted by Gasteiger charge is 2.27. The van der Waals surface area contributed by atoms with Crippen LogP contribution in [0.15, 0.2) is 25.3 Å². The highest BCUT2D eigenvalue weighted by atomic mass is 19.4. The van der Waals surface area contributed by atoms with E-state index >= 15 is 0 Å². The number of halogens is 3. The molecule has 0 heterocycles. The van der Waals surface area contributed by atoms with Crippen molar-refractivity contribution >= 4 is 0 Å². The fourth-order valence-electron chi connectivity index (χ4n) is 0.788. The van der Waals surface area contributed by atoms with Gasteiger partial charge in [0.15, 0.2) is 0 Å². The van der Waals surface area contributed by atoms with E-state index in [1.165, 1.54) is 4.90 Å². The number of alkyl halides is 3. The van der Waals surface area contributed by atoms with E-state index in [0.29, 0.717) is 13.1 Å². The van der Waals surface area contributed by atoms with Gasteiger partial charge in [-0.05, 0) is 0 Å². The van der Waals surface area contributed by atoms with E-state index in [-0.39, 0.29) is 0 Å². The van der Waals surface area contributed by atoms with Gasteiger partial charge in [0, 0.05) is 19.6 Å². The topological polar surface area (TPSA) is 3.24 Å². The molecule has 0 aromatic heterocycles. The van der Waals surface area contributed by atoms with Crippen LogP contribution in [0, 0.1) is 6.54 Å². The fourth-order valence-corrected chi connectivity index (χ4v) is 0.788. The van der Waals surface area contributed by atoms with Crippen molar-refractivity contribution in [3.05, 3.63) is 31.9 Å². The van der Waals surface area contributed by atoms with Gasteiger partial charge < -0.3 is 0 Å². The molecule has 1 radical (unpaired) electrons. The summed E-state index contributed by atoms with van der Waals surface area (Å²) in [6, 6.07) is 0. The highest BCUT2D eigenvalue weighted by molar-refractivity contribution is 4.84. The summed E-state index contributed by atoms with van der Waals surface area (Å²) in [6.07, 6.45) is -1.94. The van der Waals surface area contributed by atoms with Crippen molar-refractivity contribution in [1.82, 2.24) is 4.90 Å². The summed E-state index contributed by atoms with van der Waals surface area (Å²) < 4.78 is 35.4. The first-order valence-corrected chi connectivity index (χ1v) is 3.85. The van der Waals surface area contributed by atoms with Crippen LogP contribution in [0.25, 0.3) is 0 Å². The molecular formula is C9H13F3N. The molecule has 0 aromatic carbocycles. The lowest BCUT2D eigenvalue weighted by Crippen LogP contribution is -2.24. The van der Waals surface area contributed by atoms with Crippen LogP contribution in [0.5, 0.6) is 0 Å². The Morgan fingerprint density at radius 2 is 1.54 bits per heavy atom. The summed E-state index contributed by atoms with van der Waals surface area (Å²) in [7, 11) is 0. The lowest BCUT2D eigenvalue weighted by Gasteiger charge is -2.18. The Balaban J connectivity index is 3.80. The van der Waals surface area contributed by atoms with Crippen molar-refractivity contribution in [2.75, 3.05) is 13.1 Å². The van der Waals surface area contributed by atoms with Crippen LogP contribution in [-0.4, -0.2) is 24.2 Å². The molecule has 0 atom stereocenters. The normalized spacial score (nSPS) is 11.7. The zero-order valence-electron chi connectivity index (χ0n) is 7.35. The molecule has 0 rings (SSSR count). The van der Waals surface area contributed by atoms with Gasteiger partial charge in [-0.3, -0.25) is 4.90 Å². The summed E-state index contributed by atoms with van der Waals surface area (Å²) >= 11 is 0. The van der Waals surface area contributed by atoms with Gasteiger partial charge in [-0.2, -0.15) is 13.2 Å². The molecule has 13 heavy (non-hydrogen) atoms. The van der Waals surface area contributed by atoms with Crippen LogP contribution in [0.4, 0.5) is 13.2 Å². The fraction of sp³-hybridized carbons (Fsp3) is 0.444. The van der Waals surface area contributed by atoms with Crippen molar-refractivity contribution in [2.24, 2.45) is 0 Å². The van der Waals surface area contributed by atoms with Gasteiger partial charge in [0.1, 0.15) is 0 Å². The standard InChI is InChI=1S/C9H13F3N/c1-3-6-13(7-4-2)8-5-9(10,11)12/h3-4,8H,1-2,5-7H2. The second-order valence-electron chi connectivity index (χ2n) is 2.53. The minimum atomic E-state index is -4.14. The van der Waals surface area contributed by atoms with Gasteiger partial charge in [-0.15, -0.1) is 13.2 Å². The van der Waals surface area contributed by atoms with Crippen LogP contribution in [0.1, 0.15) is 6.42 Å². The maximum absolute atomic E-state index is 11.8. The smallest absolute Gasteiger partial charge is 0.291 e. The molecule has 0 bridgehead atoms. The zero-order chi connectivity index (χ0) is 10.3. The highest BCUT2D eigenvalue weighted by Crippen LogP contribution is 2.21. The summed E-state index contributed by atoms with van der Waals surface area (Å²) in [5.41, 5.74) is 0. The maximum Gasteiger partial charge on any atom is 0.390 e. The van der Waals surface area contributed by atoms with Crippen molar-refractivity contribution in [3.8, 4) is 0 Å². The Morgan fingerprint density at radius 3 is 1.85 bits per heavy atom. The Kier molecular flexibility index (Phi) is 5.46. The third-order valence-electron chi connectivity index (χ3n) is 1.31. The summed E-state index contributed by atoms with van der Waals surface area (Å²) in [6.45, 7) is 8.82.